The average Bonchev–Trinajstić information content (AvgIpc) is 1.82. The van der Waals surface area contributed by atoms with Crippen LogP contribution in [0.3, 0.4) is 0 Å². The summed E-state index contributed by atoms with van der Waals surface area (Å²) in [6, 6.07) is 0. The van der Waals surface area contributed by atoms with E-state index in [1.54, 1.807) is 23.6 Å². The first-order chi connectivity index (χ1) is 4.20. The van der Waals surface area contributed by atoms with E-state index in [0.29, 0.717) is 0 Å². The second kappa shape index (κ2) is 8.44. The van der Waals surface area contributed by atoms with Crippen LogP contribution in [0.2, 0.25) is 0 Å². The normalized spacial score (nSPS) is 12.9. The molecule has 0 aliphatic heterocycles. The summed E-state index contributed by atoms with van der Waals surface area (Å²) in [6.45, 7) is 0. The Morgan fingerprint density at radius 2 is 1.90 bits per heavy atom. The van der Waals surface area contributed by atoms with Crippen LogP contribution in [0.5, 0.6) is 0 Å². The van der Waals surface area contributed by atoms with Gasteiger partial charge in [0.2, 0.25) is 0 Å². The molecule has 0 saturated heterocycles. The molecular formula is C4H12MoNO2PS. The second-order valence-electron chi connectivity index (χ2n) is 1.48. The van der Waals surface area contributed by atoms with Crippen LogP contribution < -0.4 is 0 Å². The SMILES string of the molecule is COP(ON(C)C)SC.[Mo]. The largest absolute Gasteiger partial charge is 0.328 e. The van der Waals surface area contributed by atoms with E-state index in [1.165, 1.54) is 0 Å². The van der Waals surface area contributed by atoms with Crippen molar-refractivity contribution in [2.24, 2.45) is 0 Å². The van der Waals surface area contributed by atoms with E-state index in [9.17, 15) is 0 Å². The minimum Gasteiger partial charge on any atom is -0.328 e. The zero-order valence-corrected chi connectivity index (χ0v) is 10.2. The molecule has 62 valence electrons. The topological polar surface area (TPSA) is 21.7 Å². The van der Waals surface area contributed by atoms with Crippen molar-refractivity contribution in [2.45, 2.75) is 0 Å². The maximum absolute atomic E-state index is 5.19. The minimum atomic E-state index is -0.753. The van der Waals surface area contributed by atoms with Gasteiger partial charge in [0, 0.05) is 42.3 Å². The molecular weight excluding hydrogens is 253 g/mol. The number of rotatable bonds is 4. The van der Waals surface area contributed by atoms with Crippen LogP contribution in [0.25, 0.3) is 0 Å². The molecule has 0 aromatic carbocycles. The maximum Gasteiger partial charge on any atom is 0.256 e. The molecule has 0 aromatic rings. The molecule has 1 unspecified atom stereocenters. The Hall–Kier alpha value is 1.35. The monoisotopic (exact) mass is 267 g/mol. The van der Waals surface area contributed by atoms with E-state index < -0.39 is 7.58 Å². The Balaban J connectivity index is 0. The summed E-state index contributed by atoms with van der Waals surface area (Å²) in [5, 5.41) is 1.64. The number of hydroxylamine groups is 2. The van der Waals surface area contributed by atoms with Gasteiger partial charge in [-0.2, -0.15) is 5.06 Å². The summed E-state index contributed by atoms with van der Waals surface area (Å²) >= 11 is 1.58. The molecule has 0 radical (unpaired) electrons. The Bertz CT molecular complexity index is 74.3. The third-order valence-electron chi connectivity index (χ3n) is 0.528. The predicted octanol–water partition coefficient (Wildman–Crippen LogP) is 1.71. The first-order valence-corrected chi connectivity index (χ1v) is 5.45. The molecule has 0 heterocycles. The molecule has 0 saturated carbocycles. The summed E-state index contributed by atoms with van der Waals surface area (Å²) in [4.78, 5) is 0. The quantitative estimate of drug-likeness (QED) is 0.438. The van der Waals surface area contributed by atoms with Gasteiger partial charge in [-0.15, -0.1) is 0 Å². The smallest absolute Gasteiger partial charge is 0.256 e. The van der Waals surface area contributed by atoms with Crippen LogP contribution in [0.15, 0.2) is 0 Å². The summed E-state index contributed by atoms with van der Waals surface area (Å²) < 4.78 is 10.2. The van der Waals surface area contributed by atoms with Gasteiger partial charge in [0.15, 0.2) is 0 Å². The second-order valence-corrected chi connectivity index (χ2v) is 4.81. The molecule has 10 heavy (non-hydrogen) atoms. The molecule has 6 heteroatoms. The van der Waals surface area contributed by atoms with Crippen molar-refractivity contribution >= 4 is 19.0 Å². The summed E-state index contributed by atoms with van der Waals surface area (Å²) in [5.41, 5.74) is 0. The first kappa shape index (κ1) is 13.9. The van der Waals surface area contributed by atoms with Gasteiger partial charge in [-0.05, 0) is 6.26 Å². The van der Waals surface area contributed by atoms with E-state index in [1.807, 2.05) is 20.4 Å². The van der Waals surface area contributed by atoms with Crippen LogP contribution in [0, 0.1) is 0 Å². The van der Waals surface area contributed by atoms with Crippen LogP contribution in [-0.2, 0) is 30.2 Å². The zero-order chi connectivity index (χ0) is 7.28. The van der Waals surface area contributed by atoms with Gasteiger partial charge < -0.3 is 4.52 Å². The van der Waals surface area contributed by atoms with Crippen molar-refractivity contribution in [3.63, 3.8) is 0 Å². The van der Waals surface area contributed by atoms with Gasteiger partial charge in [-0.1, -0.05) is 11.4 Å². The number of nitrogens with zero attached hydrogens (tertiary/aromatic N) is 1. The average molecular weight is 265 g/mol. The van der Waals surface area contributed by atoms with E-state index in [2.05, 4.69) is 0 Å². The predicted molar refractivity (Wildman–Crippen MR) is 42.2 cm³/mol. The number of hydrogen-bond donors (Lipinski definition) is 0. The summed E-state index contributed by atoms with van der Waals surface area (Å²) in [7, 11) is 4.57. The zero-order valence-electron chi connectivity index (χ0n) is 6.53. The van der Waals surface area contributed by atoms with E-state index >= 15 is 0 Å². The summed E-state index contributed by atoms with van der Waals surface area (Å²) in [5.74, 6) is 0. The van der Waals surface area contributed by atoms with Gasteiger partial charge in [-0.25, -0.2) is 4.62 Å². The molecule has 0 bridgehead atoms. The minimum absolute atomic E-state index is 0. The van der Waals surface area contributed by atoms with Crippen LogP contribution in [0.4, 0.5) is 0 Å². The fourth-order valence-electron chi connectivity index (χ4n) is 0.275. The van der Waals surface area contributed by atoms with Gasteiger partial charge in [0.25, 0.3) is 7.58 Å². The molecule has 0 fully saturated rings. The van der Waals surface area contributed by atoms with Gasteiger partial charge in [0.05, 0.1) is 0 Å². The van der Waals surface area contributed by atoms with Gasteiger partial charge >= 0.3 is 0 Å². The van der Waals surface area contributed by atoms with Crippen molar-refractivity contribution in [1.82, 2.24) is 5.06 Å². The Kier molecular flexibility index (Phi) is 11.7. The van der Waals surface area contributed by atoms with Crippen molar-refractivity contribution in [3.05, 3.63) is 0 Å². The fraction of sp³-hybridized carbons (Fsp3) is 1.00. The standard InChI is InChI=1S/C4H12NO2PS.Mo/c1-5(2)7-8(6-3)9-4;/h1-4H3;. The molecule has 0 aliphatic carbocycles. The molecule has 0 aliphatic rings. The van der Waals surface area contributed by atoms with Crippen molar-refractivity contribution in [1.29, 1.82) is 0 Å². The Morgan fingerprint density at radius 3 is 2.00 bits per heavy atom. The van der Waals surface area contributed by atoms with Crippen LogP contribution in [0.1, 0.15) is 0 Å². The molecule has 0 amide bonds. The molecule has 3 nitrogen and oxygen atoms in total. The van der Waals surface area contributed by atoms with Gasteiger partial charge in [0.1, 0.15) is 0 Å². The van der Waals surface area contributed by atoms with Crippen molar-refractivity contribution in [3.8, 4) is 0 Å². The molecule has 0 rings (SSSR count). The summed E-state index contributed by atoms with van der Waals surface area (Å²) in [6.07, 6.45) is 1.96. The molecule has 0 N–H and O–H groups in total. The van der Waals surface area contributed by atoms with E-state index in [4.69, 9.17) is 9.15 Å². The van der Waals surface area contributed by atoms with Crippen molar-refractivity contribution in [2.75, 3.05) is 27.5 Å². The third kappa shape index (κ3) is 7.46. The Morgan fingerprint density at radius 1 is 1.40 bits per heavy atom. The van der Waals surface area contributed by atoms with Crippen molar-refractivity contribution < 1.29 is 30.2 Å². The van der Waals surface area contributed by atoms with Gasteiger partial charge in [-0.3, -0.25) is 0 Å². The molecule has 1 atom stereocenters. The van der Waals surface area contributed by atoms with Crippen LogP contribution >= 0.6 is 19.0 Å². The van der Waals surface area contributed by atoms with E-state index in [0.717, 1.165) is 0 Å². The fourth-order valence-corrected chi connectivity index (χ4v) is 1.87. The van der Waals surface area contributed by atoms with E-state index in [-0.39, 0.29) is 21.1 Å². The molecule has 0 aromatic heterocycles. The maximum atomic E-state index is 5.19. The Labute approximate surface area is 81.7 Å². The van der Waals surface area contributed by atoms with Crippen LogP contribution in [-0.4, -0.2) is 32.5 Å². The first-order valence-electron chi connectivity index (χ1n) is 2.44. The molecule has 0 spiro atoms. The third-order valence-corrected chi connectivity index (χ3v) is 3.13. The number of hydrogen-bond acceptors (Lipinski definition) is 4.